The summed E-state index contributed by atoms with van der Waals surface area (Å²) in [6, 6.07) is 28.1. The summed E-state index contributed by atoms with van der Waals surface area (Å²) in [6.07, 6.45) is 1.99. The Kier molecular flexibility index (Phi) is 6.21. The van der Waals surface area contributed by atoms with Crippen LogP contribution in [0, 0.1) is 18.5 Å². The van der Waals surface area contributed by atoms with Crippen molar-refractivity contribution >= 4 is 29.8 Å². The zero-order valence-electron chi connectivity index (χ0n) is 17.8. The molecule has 0 amide bonds. The molecule has 31 heavy (non-hydrogen) atoms. The van der Waals surface area contributed by atoms with Crippen LogP contribution in [-0.4, -0.2) is 16.6 Å². The van der Waals surface area contributed by atoms with Gasteiger partial charge in [0.05, 0.1) is 11.3 Å². The van der Waals surface area contributed by atoms with Crippen molar-refractivity contribution in [3.05, 3.63) is 112 Å². The van der Waals surface area contributed by atoms with Crippen molar-refractivity contribution in [1.29, 1.82) is 0 Å². The van der Waals surface area contributed by atoms with Gasteiger partial charge in [0.2, 0.25) is 0 Å². The van der Waals surface area contributed by atoms with Crippen LogP contribution in [0.4, 0.5) is 0 Å². The van der Waals surface area contributed by atoms with Gasteiger partial charge in [-0.25, -0.2) is 0 Å². The molecule has 0 bridgehead atoms. The third-order valence-corrected chi connectivity index (χ3v) is 6.44. The van der Waals surface area contributed by atoms with Crippen molar-refractivity contribution in [3.63, 3.8) is 0 Å². The van der Waals surface area contributed by atoms with Crippen LogP contribution in [0.1, 0.15) is 27.0 Å². The number of benzene rings is 3. The van der Waals surface area contributed by atoms with Crippen molar-refractivity contribution in [2.75, 3.05) is 6.26 Å². The summed E-state index contributed by atoms with van der Waals surface area (Å²) in [5.74, 6) is -0.0468. The standard InChI is InChI=1S/C27H23NOS2/c1-18-9-13-20(14-10-18)23-17-24(31-3)25(26(29)21-15-11-19(2)12-16-21)27(30)28(23)22-7-5-4-6-8-22/h4-17H,1-3H3. The Morgan fingerprint density at radius 1 is 0.839 bits per heavy atom. The van der Waals surface area contributed by atoms with Crippen LogP contribution < -0.4 is 0 Å². The molecule has 0 aliphatic rings. The molecule has 0 saturated carbocycles. The Morgan fingerprint density at radius 3 is 2.00 bits per heavy atom. The van der Waals surface area contributed by atoms with E-state index in [2.05, 4.69) is 37.3 Å². The van der Waals surface area contributed by atoms with Crippen molar-refractivity contribution in [2.24, 2.45) is 0 Å². The Labute approximate surface area is 192 Å². The second kappa shape index (κ2) is 9.04. The van der Waals surface area contributed by atoms with Crippen LogP contribution >= 0.6 is 24.0 Å². The molecule has 1 aromatic heterocycles. The number of thioether (sulfide) groups is 1. The van der Waals surface area contributed by atoms with E-state index < -0.39 is 0 Å². The fraction of sp³-hybridized carbons (Fsp3) is 0.111. The molecule has 0 atom stereocenters. The number of carbonyl (C=O) groups is 1. The number of aryl methyl sites for hydroxylation is 2. The van der Waals surface area contributed by atoms with Crippen molar-refractivity contribution < 1.29 is 4.79 Å². The molecule has 0 saturated heterocycles. The molecule has 2 nitrogen and oxygen atoms in total. The first-order valence-corrected chi connectivity index (χ1v) is 11.7. The van der Waals surface area contributed by atoms with Gasteiger partial charge in [0.25, 0.3) is 0 Å². The maximum absolute atomic E-state index is 13.5. The number of hydrogen-bond donors (Lipinski definition) is 0. The molecule has 0 fully saturated rings. The lowest BCUT2D eigenvalue weighted by Crippen LogP contribution is -2.11. The molecule has 4 aromatic rings. The highest BCUT2D eigenvalue weighted by Crippen LogP contribution is 2.33. The fourth-order valence-electron chi connectivity index (χ4n) is 3.58. The van der Waals surface area contributed by atoms with E-state index >= 15 is 0 Å². The fourth-order valence-corrected chi connectivity index (χ4v) is 4.67. The molecule has 1 heterocycles. The van der Waals surface area contributed by atoms with E-state index in [-0.39, 0.29) is 5.78 Å². The zero-order chi connectivity index (χ0) is 22.0. The van der Waals surface area contributed by atoms with E-state index in [4.69, 9.17) is 12.2 Å². The predicted molar refractivity (Wildman–Crippen MR) is 133 cm³/mol. The van der Waals surface area contributed by atoms with Gasteiger partial charge in [-0.15, -0.1) is 11.8 Å². The Hall–Kier alpha value is -2.95. The molecule has 3 aromatic carbocycles. The second-order valence-corrected chi connectivity index (χ2v) is 8.75. The minimum atomic E-state index is -0.0468. The number of aromatic nitrogens is 1. The Balaban J connectivity index is 2.01. The molecule has 0 aliphatic heterocycles. The van der Waals surface area contributed by atoms with E-state index in [1.165, 1.54) is 5.56 Å². The van der Waals surface area contributed by atoms with E-state index in [1.54, 1.807) is 11.8 Å². The third kappa shape index (κ3) is 4.27. The van der Waals surface area contributed by atoms with E-state index in [0.29, 0.717) is 15.8 Å². The summed E-state index contributed by atoms with van der Waals surface area (Å²) < 4.78 is 2.54. The molecule has 4 rings (SSSR count). The maximum atomic E-state index is 13.5. The highest BCUT2D eigenvalue weighted by Gasteiger charge is 2.21. The first kappa shape index (κ1) is 21.3. The van der Waals surface area contributed by atoms with Gasteiger partial charge in [-0.1, -0.05) is 90.1 Å². The van der Waals surface area contributed by atoms with Gasteiger partial charge in [0.15, 0.2) is 5.78 Å². The van der Waals surface area contributed by atoms with E-state index in [9.17, 15) is 4.79 Å². The van der Waals surface area contributed by atoms with Gasteiger partial charge in [-0.05, 0) is 43.9 Å². The molecule has 0 unspecified atom stereocenters. The first-order valence-electron chi connectivity index (χ1n) is 10.1. The number of rotatable bonds is 5. The summed E-state index contributed by atoms with van der Waals surface area (Å²) in [5.41, 5.74) is 6.51. The van der Waals surface area contributed by atoms with Crippen LogP contribution in [0.5, 0.6) is 0 Å². The lowest BCUT2D eigenvalue weighted by atomic mass is 10.0. The van der Waals surface area contributed by atoms with Crippen LogP contribution in [0.25, 0.3) is 16.9 Å². The van der Waals surface area contributed by atoms with Gasteiger partial charge in [0.1, 0.15) is 4.64 Å². The summed E-state index contributed by atoms with van der Waals surface area (Å²) >= 11 is 7.52. The molecule has 0 N–H and O–H groups in total. The largest absolute Gasteiger partial charge is 0.300 e. The SMILES string of the molecule is CSc1cc(-c2ccc(C)cc2)n(-c2ccccc2)c(=S)c1C(=O)c1ccc(C)cc1. The number of pyridine rings is 1. The minimum Gasteiger partial charge on any atom is -0.300 e. The average Bonchev–Trinajstić information content (AvgIpc) is 2.79. The summed E-state index contributed by atoms with van der Waals surface area (Å²) in [4.78, 5) is 14.4. The zero-order valence-corrected chi connectivity index (χ0v) is 19.4. The van der Waals surface area contributed by atoms with Crippen LogP contribution in [-0.2, 0) is 0 Å². The molecule has 0 aliphatic carbocycles. The normalized spacial score (nSPS) is 10.8. The summed E-state index contributed by atoms with van der Waals surface area (Å²) in [7, 11) is 0. The van der Waals surface area contributed by atoms with Crippen molar-refractivity contribution in [1.82, 2.24) is 4.57 Å². The summed E-state index contributed by atoms with van der Waals surface area (Å²) in [5, 5.41) is 0. The van der Waals surface area contributed by atoms with Crippen molar-refractivity contribution in [3.8, 4) is 16.9 Å². The molecular weight excluding hydrogens is 418 g/mol. The molecule has 0 spiro atoms. The van der Waals surface area contributed by atoms with Crippen molar-refractivity contribution in [2.45, 2.75) is 18.7 Å². The predicted octanol–water partition coefficient (Wildman–Crippen LogP) is 7.44. The number of para-hydroxylation sites is 1. The number of ketones is 1. The quantitative estimate of drug-likeness (QED) is 0.182. The van der Waals surface area contributed by atoms with Gasteiger partial charge < -0.3 is 0 Å². The maximum Gasteiger partial charge on any atom is 0.197 e. The first-order chi connectivity index (χ1) is 15.0. The third-order valence-electron chi connectivity index (χ3n) is 5.29. The topological polar surface area (TPSA) is 22.0 Å². The number of nitrogens with zero attached hydrogens (tertiary/aromatic N) is 1. The van der Waals surface area contributed by atoms with Crippen LogP contribution in [0.2, 0.25) is 0 Å². The second-order valence-electron chi connectivity index (χ2n) is 7.51. The van der Waals surface area contributed by atoms with E-state index in [0.717, 1.165) is 27.4 Å². The highest BCUT2D eigenvalue weighted by atomic mass is 32.2. The molecular formula is C27H23NOS2. The van der Waals surface area contributed by atoms with E-state index in [1.807, 2.05) is 72.3 Å². The number of carbonyl (C=O) groups excluding carboxylic acids is 1. The monoisotopic (exact) mass is 441 g/mol. The average molecular weight is 442 g/mol. The van der Waals surface area contributed by atoms with Crippen LogP contribution in [0.3, 0.4) is 0 Å². The Morgan fingerprint density at radius 2 is 1.42 bits per heavy atom. The van der Waals surface area contributed by atoms with Gasteiger partial charge in [0, 0.05) is 16.1 Å². The lowest BCUT2D eigenvalue weighted by Gasteiger charge is -2.19. The van der Waals surface area contributed by atoms with Gasteiger partial charge >= 0.3 is 0 Å². The van der Waals surface area contributed by atoms with Gasteiger partial charge in [-0.2, -0.15) is 0 Å². The number of hydrogen-bond acceptors (Lipinski definition) is 3. The smallest absolute Gasteiger partial charge is 0.197 e. The minimum absolute atomic E-state index is 0.0468. The van der Waals surface area contributed by atoms with Gasteiger partial charge in [-0.3, -0.25) is 9.36 Å². The molecule has 0 radical (unpaired) electrons. The van der Waals surface area contributed by atoms with Crippen LogP contribution in [0.15, 0.2) is 89.8 Å². The lowest BCUT2D eigenvalue weighted by molar-refractivity contribution is 0.103. The summed E-state index contributed by atoms with van der Waals surface area (Å²) in [6.45, 7) is 4.09. The molecule has 154 valence electrons. The molecule has 4 heteroatoms. The Bertz CT molecular complexity index is 1290. The highest BCUT2D eigenvalue weighted by molar-refractivity contribution is 7.98.